The van der Waals surface area contributed by atoms with Gasteiger partial charge < -0.3 is 10.3 Å². The summed E-state index contributed by atoms with van der Waals surface area (Å²) in [7, 11) is 1.95. The van der Waals surface area contributed by atoms with Crippen LogP contribution in [0, 0.1) is 0 Å². The van der Waals surface area contributed by atoms with Crippen molar-refractivity contribution in [3.63, 3.8) is 0 Å². The van der Waals surface area contributed by atoms with Crippen molar-refractivity contribution in [2.24, 2.45) is 12.8 Å². The quantitative estimate of drug-likeness (QED) is 0.706. The molecule has 4 rings (SSSR count). The monoisotopic (exact) mass is 361 g/mol. The van der Waals surface area contributed by atoms with E-state index in [4.69, 9.17) is 5.73 Å². The Hall–Kier alpha value is -3.41. The van der Waals surface area contributed by atoms with Crippen molar-refractivity contribution in [1.29, 1.82) is 0 Å². The number of carbonyl (C=O) groups is 3. The van der Waals surface area contributed by atoms with Crippen molar-refractivity contribution >= 4 is 28.6 Å². The highest BCUT2D eigenvalue weighted by atomic mass is 16.2. The van der Waals surface area contributed by atoms with Crippen molar-refractivity contribution in [3.05, 3.63) is 70.9 Å². The van der Waals surface area contributed by atoms with Crippen LogP contribution in [0.15, 0.2) is 48.7 Å². The van der Waals surface area contributed by atoms with E-state index >= 15 is 0 Å². The molecule has 0 spiro atoms. The number of hydrogen-bond acceptors (Lipinski definition) is 3. The number of nitrogens with two attached hydrogens (primary N) is 1. The van der Waals surface area contributed by atoms with E-state index in [1.54, 1.807) is 24.3 Å². The van der Waals surface area contributed by atoms with E-state index in [1.807, 2.05) is 36.0 Å². The van der Waals surface area contributed by atoms with Crippen LogP contribution in [0.4, 0.5) is 0 Å². The molecule has 136 valence electrons. The molecule has 0 bridgehead atoms. The highest BCUT2D eigenvalue weighted by molar-refractivity contribution is 6.21. The summed E-state index contributed by atoms with van der Waals surface area (Å²) in [5.41, 5.74) is 9.13. The van der Waals surface area contributed by atoms with Gasteiger partial charge in [-0.1, -0.05) is 18.2 Å². The molecule has 1 aliphatic rings. The van der Waals surface area contributed by atoms with E-state index in [9.17, 15) is 14.4 Å². The number of imide groups is 1. The Morgan fingerprint density at radius 1 is 1.04 bits per heavy atom. The zero-order valence-corrected chi connectivity index (χ0v) is 14.9. The van der Waals surface area contributed by atoms with Crippen LogP contribution in [-0.4, -0.2) is 33.7 Å². The molecule has 1 aromatic heterocycles. The topological polar surface area (TPSA) is 85.4 Å². The minimum Gasteiger partial charge on any atom is -0.369 e. The third-order valence-electron chi connectivity index (χ3n) is 5.00. The summed E-state index contributed by atoms with van der Waals surface area (Å²) in [5, 5.41) is 1.01. The average molecular weight is 361 g/mol. The summed E-state index contributed by atoms with van der Waals surface area (Å²) in [6.07, 6.45) is 2.72. The first kappa shape index (κ1) is 17.0. The first-order valence-corrected chi connectivity index (χ1v) is 8.76. The number of amides is 3. The summed E-state index contributed by atoms with van der Waals surface area (Å²) in [6.45, 7) is 0.311. The third-order valence-corrected chi connectivity index (χ3v) is 5.00. The molecule has 2 aromatic carbocycles. The van der Waals surface area contributed by atoms with E-state index in [0.717, 1.165) is 22.0 Å². The Kier molecular flexibility index (Phi) is 4.03. The Morgan fingerprint density at radius 3 is 2.33 bits per heavy atom. The predicted octanol–water partition coefficient (Wildman–Crippen LogP) is 2.04. The number of fused-ring (bicyclic) bond motifs is 2. The SMILES string of the molecule is Cn1cc(CCN2C(=O)c3ccccc3C2=O)c2cc(CC(N)=O)ccc21. The van der Waals surface area contributed by atoms with E-state index in [0.29, 0.717) is 24.1 Å². The minimum absolute atomic E-state index is 0.183. The van der Waals surface area contributed by atoms with Crippen molar-refractivity contribution in [1.82, 2.24) is 9.47 Å². The predicted molar refractivity (Wildman–Crippen MR) is 101 cm³/mol. The largest absolute Gasteiger partial charge is 0.369 e. The standard InChI is InChI=1S/C21H19N3O3/c1-23-12-14(17-10-13(11-19(22)25)6-7-18(17)23)8-9-24-20(26)15-4-2-3-5-16(15)21(24)27/h2-7,10,12H,8-9,11H2,1H3,(H2,22,25). The fourth-order valence-electron chi connectivity index (χ4n) is 3.71. The Labute approximate surface area is 156 Å². The molecule has 0 saturated heterocycles. The normalized spacial score (nSPS) is 13.4. The highest BCUT2D eigenvalue weighted by Crippen LogP contribution is 2.26. The number of aromatic nitrogens is 1. The number of primary amides is 1. The van der Waals surface area contributed by atoms with Gasteiger partial charge in [0.1, 0.15) is 0 Å². The molecule has 6 nitrogen and oxygen atoms in total. The summed E-state index contributed by atoms with van der Waals surface area (Å²) < 4.78 is 2.00. The lowest BCUT2D eigenvalue weighted by Gasteiger charge is -2.13. The molecule has 0 atom stereocenters. The maximum atomic E-state index is 12.5. The van der Waals surface area contributed by atoms with Crippen LogP contribution < -0.4 is 5.73 Å². The molecule has 2 N–H and O–H groups in total. The van der Waals surface area contributed by atoms with Crippen LogP contribution in [0.25, 0.3) is 10.9 Å². The van der Waals surface area contributed by atoms with Crippen molar-refractivity contribution < 1.29 is 14.4 Å². The van der Waals surface area contributed by atoms with E-state index < -0.39 is 0 Å². The molecule has 3 aromatic rings. The van der Waals surface area contributed by atoms with Crippen LogP contribution in [0.3, 0.4) is 0 Å². The number of nitrogens with zero attached hydrogens (tertiary/aromatic N) is 2. The van der Waals surface area contributed by atoms with E-state index in [-0.39, 0.29) is 24.1 Å². The van der Waals surface area contributed by atoms with Gasteiger partial charge in [0, 0.05) is 30.7 Å². The van der Waals surface area contributed by atoms with Crippen LogP contribution >= 0.6 is 0 Å². The minimum atomic E-state index is -0.377. The number of rotatable bonds is 5. The molecular weight excluding hydrogens is 342 g/mol. The van der Waals surface area contributed by atoms with Crippen LogP contribution in [0.2, 0.25) is 0 Å². The van der Waals surface area contributed by atoms with Crippen LogP contribution in [0.1, 0.15) is 31.8 Å². The van der Waals surface area contributed by atoms with Gasteiger partial charge in [-0.05, 0) is 41.8 Å². The molecule has 27 heavy (non-hydrogen) atoms. The molecule has 0 saturated carbocycles. The fourth-order valence-corrected chi connectivity index (χ4v) is 3.71. The molecule has 2 heterocycles. The van der Waals surface area contributed by atoms with Gasteiger partial charge >= 0.3 is 0 Å². The first-order chi connectivity index (χ1) is 13.0. The summed E-state index contributed by atoms with van der Waals surface area (Å²) in [6, 6.07) is 12.7. The molecule has 0 radical (unpaired) electrons. The molecule has 3 amide bonds. The lowest BCUT2D eigenvalue weighted by molar-refractivity contribution is -0.117. The molecule has 6 heteroatoms. The smallest absolute Gasteiger partial charge is 0.261 e. The third kappa shape index (κ3) is 2.89. The maximum Gasteiger partial charge on any atom is 0.261 e. The fraction of sp³-hybridized carbons (Fsp3) is 0.190. The molecule has 0 unspecified atom stereocenters. The second-order valence-corrected chi connectivity index (χ2v) is 6.82. The number of aryl methyl sites for hydroxylation is 1. The van der Waals surface area contributed by atoms with Gasteiger partial charge in [0.25, 0.3) is 11.8 Å². The van der Waals surface area contributed by atoms with Crippen molar-refractivity contribution in [3.8, 4) is 0 Å². The number of hydrogen-bond donors (Lipinski definition) is 1. The zero-order valence-electron chi connectivity index (χ0n) is 14.9. The summed E-state index contributed by atoms with van der Waals surface area (Å²) in [4.78, 5) is 37.6. The zero-order chi connectivity index (χ0) is 19.1. The second kappa shape index (κ2) is 6.39. The van der Waals surface area contributed by atoms with Gasteiger partial charge in [-0.15, -0.1) is 0 Å². The molecule has 0 aliphatic carbocycles. The maximum absolute atomic E-state index is 12.5. The number of benzene rings is 2. The van der Waals surface area contributed by atoms with Gasteiger partial charge in [0.2, 0.25) is 5.91 Å². The van der Waals surface area contributed by atoms with Crippen LogP contribution in [-0.2, 0) is 24.7 Å². The van der Waals surface area contributed by atoms with Crippen LogP contribution in [0.5, 0.6) is 0 Å². The first-order valence-electron chi connectivity index (χ1n) is 8.76. The Balaban J connectivity index is 1.60. The van der Waals surface area contributed by atoms with Gasteiger partial charge in [0.15, 0.2) is 0 Å². The van der Waals surface area contributed by atoms with Gasteiger partial charge in [-0.2, -0.15) is 0 Å². The number of carbonyl (C=O) groups excluding carboxylic acids is 3. The Morgan fingerprint density at radius 2 is 1.70 bits per heavy atom. The lowest BCUT2D eigenvalue weighted by Crippen LogP contribution is -2.31. The van der Waals surface area contributed by atoms with Gasteiger partial charge in [0.05, 0.1) is 17.5 Å². The Bertz CT molecular complexity index is 1060. The van der Waals surface area contributed by atoms with E-state index in [2.05, 4.69) is 0 Å². The van der Waals surface area contributed by atoms with Crippen molar-refractivity contribution in [2.45, 2.75) is 12.8 Å². The second-order valence-electron chi connectivity index (χ2n) is 6.82. The highest BCUT2D eigenvalue weighted by Gasteiger charge is 2.34. The average Bonchev–Trinajstić information content (AvgIpc) is 3.08. The van der Waals surface area contributed by atoms with Gasteiger partial charge in [-0.25, -0.2) is 0 Å². The molecular formula is C21H19N3O3. The summed E-state index contributed by atoms with van der Waals surface area (Å²) >= 11 is 0. The molecule has 0 fully saturated rings. The molecule has 1 aliphatic heterocycles. The summed E-state index contributed by atoms with van der Waals surface area (Å²) in [5.74, 6) is -0.867. The van der Waals surface area contributed by atoms with Gasteiger partial charge in [-0.3, -0.25) is 19.3 Å². The lowest BCUT2D eigenvalue weighted by atomic mass is 10.1. The van der Waals surface area contributed by atoms with Crippen molar-refractivity contribution in [2.75, 3.05) is 6.54 Å². The van der Waals surface area contributed by atoms with E-state index in [1.165, 1.54) is 4.90 Å².